The molecule has 0 heterocycles. The maximum Gasteiger partial charge on any atom is 0.296 e. The molecule has 0 aromatic heterocycles. The molecule has 6 heteroatoms. The van der Waals surface area contributed by atoms with Crippen LogP contribution in [0.2, 0.25) is 0 Å². The summed E-state index contributed by atoms with van der Waals surface area (Å²) in [5.74, 6) is 0. The van der Waals surface area contributed by atoms with E-state index < -0.39 is 16.2 Å². The molecule has 0 aliphatic rings. The van der Waals surface area contributed by atoms with Gasteiger partial charge < -0.3 is 9.84 Å². The zero-order valence-electron chi connectivity index (χ0n) is 13.6. The number of rotatable bonds is 9. The van der Waals surface area contributed by atoms with E-state index in [9.17, 15) is 13.5 Å². The van der Waals surface area contributed by atoms with Crippen molar-refractivity contribution in [3.8, 4) is 0 Å². The highest BCUT2D eigenvalue weighted by molar-refractivity contribution is 7.86. The second kappa shape index (κ2) is 8.94. The van der Waals surface area contributed by atoms with Crippen LogP contribution in [0, 0.1) is 6.92 Å². The Morgan fingerprint density at radius 1 is 1.04 bits per heavy atom. The third-order valence-corrected chi connectivity index (χ3v) is 4.75. The number of hydrogen-bond acceptors (Lipinski definition) is 5. The molecule has 2 aromatic rings. The summed E-state index contributed by atoms with van der Waals surface area (Å²) in [6.45, 7) is 2.32. The van der Waals surface area contributed by atoms with Gasteiger partial charge in [-0.1, -0.05) is 48.0 Å². The van der Waals surface area contributed by atoms with Gasteiger partial charge in [-0.3, -0.25) is 4.18 Å². The molecule has 0 saturated heterocycles. The van der Waals surface area contributed by atoms with Crippen LogP contribution in [0.5, 0.6) is 0 Å². The Labute approximate surface area is 143 Å². The zero-order chi connectivity index (χ0) is 17.4. The first-order valence-corrected chi connectivity index (χ1v) is 9.14. The van der Waals surface area contributed by atoms with Gasteiger partial charge in [0.15, 0.2) is 0 Å². The van der Waals surface area contributed by atoms with E-state index in [1.807, 2.05) is 37.3 Å². The topological polar surface area (TPSA) is 72.8 Å². The van der Waals surface area contributed by atoms with Gasteiger partial charge in [0.2, 0.25) is 0 Å². The van der Waals surface area contributed by atoms with Gasteiger partial charge in [0.1, 0.15) is 0 Å². The van der Waals surface area contributed by atoms with E-state index in [4.69, 9.17) is 8.92 Å². The van der Waals surface area contributed by atoms with Gasteiger partial charge in [-0.2, -0.15) is 8.42 Å². The molecule has 0 bridgehead atoms. The maximum absolute atomic E-state index is 12.0. The van der Waals surface area contributed by atoms with Gasteiger partial charge in [-0.15, -0.1) is 0 Å². The Morgan fingerprint density at radius 3 is 2.38 bits per heavy atom. The lowest BCUT2D eigenvalue weighted by molar-refractivity contribution is 0.0188. The van der Waals surface area contributed by atoms with Crippen molar-refractivity contribution >= 4 is 10.1 Å². The van der Waals surface area contributed by atoms with Crippen LogP contribution in [0.15, 0.2) is 59.5 Å². The molecule has 0 spiro atoms. The highest BCUT2D eigenvalue weighted by atomic mass is 32.2. The van der Waals surface area contributed by atoms with Crippen LogP contribution in [-0.2, 0) is 25.6 Å². The standard InChI is InChI=1S/C18H22O5S/c1-15-7-9-18(10-8-15)24(20,21)23-12-11-17(19)14-22-13-16-5-3-2-4-6-16/h2-10,17,19H,11-14H2,1H3/t17-/m1/s1. The molecule has 130 valence electrons. The third-order valence-electron chi connectivity index (χ3n) is 3.42. The van der Waals surface area contributed by atoms with Crippen LogP contribution >= 0.6 is 0 Å². The lowest BCUT2D eigenvalue weighted by Crippen LogP contribution is -2.19. The first-order chi connectivity index (χ1) is 11.5. The largest absolute Gasteiger partial charge is 0.391 e. The Bertz CT molecular complexity index is 711. The minimum absolute atomic E-state index is 0.0912. The number of aryl methyl sites for hydroxylation is 1. The van der Waals surface area contributed by atoms with E-state index >= 15 is 0 Å². The molecular formula is C18H22O5S. The number of hydrogen-bond donors (Lipinski definition) is 1. The van der Waals surface area contributed by atoms with E-state index in [0.717, 1.165) is 11.1 Å². The molecule has 0 radical (unpaired) electrons. The van der Waals surface area contributed by atoms with Crippen molar-refractivity contribution in [2.45, 2.75) is 31.0 Å². The summed E-state index contributed by atoms with van der Waals surface area (Å²) in [5.41, 5.74) is 1.99. The Morgan fingerprint density at radius 2 is 1.71 bits per heavy atom. The zero-order valence-corrected chi connectivity index (χ0v) is 14.4. The average Bonchev–Trinajstić information content (AvgIpc) is 2.56. The van der Waals surface area contributed by atoms with Crippen molar-refractivity contribution in [3.05, 3.63) is 65.7 Å². The molecule has 0 saturated carbocycles. The van der Waals surface area contributed by atoms with Crippen molar-refractivity contribution in [1.82, 2.24) is 0 Å². The number of ether oxygens (including phenoxy) is 1. The third kappa shape index (κ3) is 6.05. The Hall–Kier alpha value is -1.73. The summed E-state index contributed by atoms with van der Waals surface area (Å²) in [7, 11) is -3.79. The SMILES string of the molecule is Cc1ccc(S(=O)(=O)OCC[C@@H](O)COCc2ccccc2)cc1. The van der Waals surface area contributed by atoms with Crippen LogP contribution in [0.1, 0.15) is 17.5 Å². The van der Waals surface area contributed by atoms with E-state index in [0.29, 0.717) is 6.61 Å². The molecule has 5 nitrogen and oxygen atoms in total. The van der Waals surface area contributed by atoms with E-state index in [2.05, 4.69) is 0 Å². The molecule has 1 atom stereocenters. The summed E-state index contributed by atoms with van der Waals surface area (Å²) in [4.78, 5) is 0.114. The van der Waals surface area contributed by atoms with Crippen molar-refractivity contribution in [2.24, 2.45) is 0 Å². The minimum Gasteiger partial charge on any atom is -0.391 e. The lowest BCUT2D eigenvalue weighted by atomic mass is 10.2. The predicted octanol–water partition coefficient (Wildman–Crippen LogP) is 2.67. The Balaban J connectivity index is 1.70. The highest BCUT2D eigenvalue weighted by Gasteiger charge is 2.15. The monoisotopic (exact) mass is 350 g/mol. The van der Waals surface area contributed by atoms with Crippen molar-refractivity contribution < 1.29 is 22.4 Å². The van der Waals surface area contributed by atoms with Gasteiger partial charge in [0.25, 0.3) is 10.1 Å². The van der Waals surface area contributed by atoms with Gasteiger partial charge >= 0.3 is 0 Å². The normalized spacial score (nSPS) is 12.9. The maximum atomic E-state index is 12.0. The molecular weight excluding hydrogens is 328 g/mol. The molecule has 0 amide bonds. The fourth-order valence-corrected chi connectivity index (χ4v) is 2.96. The number of aliphatic hydroxyl groups is 1. The summed E-state index contributed by atoms with van der Waals surface area (Å²) >= 11 is 0. The van der Waals surface area contributed by atoms with Gasteiger partial charge in [0.05, 0.1) is 30.8 Å². The van der Waals surface area contributed by atoms with E-state index in [1.165, 1.54) is 12.1 Å². The van der Waals surface area contributed by atoms with Crippen LogP contribution in [0.25, 0.3) is 0 Å². The molecule has 2 aromatic carbocycles. The van der Waals surface area contributed by atoms with Gasteiger partial charge in [-0.05, 0) is 24.6 Å². The van der Waals surface area contributed by atoms with Crippen LogP contribution in [0.3, 0.4) is 0 Å². The highest BCUT2D eigenvalue weighted by Crippen LogP contribution is 2.13. The second-order valence-electron chi connectivity index (χ2n) is 5.53. The van der Waals surface area contributed by atoms with Gasteiger partial charge in [0, 0.05) is 6.42 Å². The van der Waals surface area contributed by atoms with Crippen LogP contribution in [0.4, 0.5) is 0 Å². The fraction of sp³-hybridized carbons (Fsp3) is 0.333. The first kappa shape index (κ1) is 18.6. The molecule has 0 aliphatic heterocycles. The van der Waals surface area contributed by atoms with Crippen molar-refractivity contribution in [3.63, 3.8) is 0 Å². The van der Waals surface area contributed by atoms with Crippen LogP contribution in [-0.4, -0.2) is 32.8 Å². The van der Waals surface area contributed by atoms with Crippen molar-refractivity contribution in [2.75, 3.05) is 13.2 Å². The fourth-order valence-electron chi connectivity index (χ4n) is 2.04. The molecule has 0 aliphatic carbocycles. The molecule has 0 unspecified atom stereocenters. The van der Waals surface area contributed by atoms with Crippen molar-refractivity contribution in [1.29, 1.82) is 0 Å². The smallest absolute Gasteiger partial charge is 0.296 e. The first-order valence-electron chi connectivity index (χ1n) is 7.73. The predicted molar refractivity (Wildman–Crippen MR) is 91.0 cm³/mol. The van der Waals surface area contributed by atoms with E-state index in [1.54, 1.807) is 12.1 Å². The quantitative estimate of drug-likeness (QED) is 0.704. The van der Waals surface area contributed by atoms with Gasteiger partial charge in [-0.25, -0.2) is 0 Å². The molecule has 24 heavy (non-hydrogen) atoms. The number of aliphatic hydroxyl groups excluding tert-OH is 1. The summed E-state index contributed by atoms with van der Waals surface area (Å²) < 4.78 is 34.3. The molecule has 1 N–H and O–H groups in total. The number of benzene rings is 2. The minimum atomic E-state index is -3.79. The average molecular weight is 350 g/mol. The van der Waals surface area contributed by atoms with E-state index in [-0.39, 0.29) is 24.5 Å². The molecule has 0 fully saturated rings. The second-order valence-corrected chi connectivity index (χ2v) is 7.15. The summed E-state index contributed by atoms with van der Waals surface area (Å²) in [5, 5.41) is 9.83. The Kier molecular flexibility index (Phi) is 6.93. The van der Waals surface area contributed by atoms with Crippen LogP contribution < -0.4 is 0 Å². The lowest BCUT2D eigenvalue weighted by Gasteiger charge is -2.12. The summed E-state index contributed by atoms with van der Waals surface area (Å²) in [6.07, 6.45) is -0.596. The molecule has 2 rings (SSSR count). The summed E-state index contributed by atoms with van der Waals surface area (Å²) in [6, 6.07) is 16.1.